The van der Waals surface area contributed by atoms with E-state index in [9.17, 15) is 2.74 Å². The average Bonchev–Trinajstić information content (AvgIpc) is 3.56. The molecule has 5 aromatic rings. The number of aliphatic imine (C=N–C) groups is 1. The molecule has 5 nitrogen and oxygen atoms in total. The summed E-state index contributed by atoms with van der Waals surface area (Å²) >= 11 is 0. The van der Waals surface area contributed by atoms with Crippen molar-refractivity contribution in [3.63, 3.8) is 0 Å². The maximum atomic E-state index is 9.83. The maximum absolute atomic E-state index is 9.83. The zero-order chi connectivity index (χ0) is 44.8. The molecular formula is C54H63N3O2Pt. The van der Waals surface area contributed by atoms with Crippen LogP contribution in [0.1, 0.15) is 153 Å². The van der Waals surface area contributed by atoms with Crippen LogP contribution in [-0.4, -0.2) is 16.4 Å². The summed E-state index contributed by atoms with van der Waals surface area (Å²) in [6.07, 6.45) is 0.0945. The normalized spacial score (nSPS) is 21.7. The van der Waals surface area contributed by atoms with E-state index in [-0.39, 0.29) is 37.3 Å². The van der Waals surface area contributed by atoms with Crippen LogP contribution in [0.2, 0.25) is 0 Å². The molecule has 0 unspecified atom stereocenters. The monoisotopic (exact) mass is 982 g/mol. The van der Waals surface area contributed by atoms with E-state index in [1.54, 1.807) is 0 Å². The molecular weight excluding hydrogens is 918 g/mol. The largest absolute Gasteiger partial charge is 2.00 e. The second-order valence-electron chi connectivity index (χ2n) is 21.2. The van der Waals surface area contributed by atoms with Gasteiger partial charge in [0, 0.05) is 43.5 Å². The van der Waals surface area contributed by atoms with Gasteiger partial charge in [-0.1, -0.05) is 130 Å². The van der Waals surface area contributed by atoms with E-state index in [1.807, 2.05) is 26.1 Å². The molecule has 3 heterocycles. The van der Waals surface area contributed by atoms with Crippen LogP contribution in [-0.2, 0) is 54.0 Å². The molecule has 60 heavy (non-hydrogen) atoms. The van der Waals surface area contributed by atoms with Crippen LogP contribution in [0.25, 0.3) is 0 Å². The number of ether oxygens (including phenoxy) is 2. The number of rotatable bonds is 4. The first-order valence-electron chi connectivity index (χ1n) is 22.2. The summed E-state index contributed by atoms with van der Waals surface area (Å²) in [7, 11) is 0. The molecule has 6 heteroatoms. The Labute approximate surface area is 377 Å². The Balaban J connectivity index is 0.00000578. The van der Waals surface area contributed by atoms with Gasteiger partial charge >= 0.3 is 21.1 Å². The van der Waals surface area contributed by atoms with Crippen molar-refractivity contribution in [3.8, 4) is 11.5 Å². The molecule has 0 saturated heterocycles. The fraction of sp³-hybridized carbons (Fsp3) is 0.444. The van der Waals surface area contributed by atoms with Gasteiger partial charge in [-0.05, 0) is 102 Å². The Kier molecular flexibility index (Phi) is 9.72. The number of pyridine rings is 1. The van der Waals surface area contributed by atoms with Crippen molar-refractivity contribution in [2.24, 2.45) is 10.4 Å². The van der Waals surface area contributed by atoms with E-state index >= 15 is 0 Å². The second-order valence-corrected chi connectivity index (χ2v) is 21.2. The van der Waals surface area contributed by atoms with Gasteiger partial charge < -0.3 is 14.4 Å². The SMILES string of the molecule is [2H]C1([2H])c2c(cc(C)c(C)c2C)[C@]2(C(C)(C)C)OC(c3[c-]c(Oc4[c-]c5c(cc4C)C(C)(C)c4cc(C)ccc4N5c4cc(C(C)(C)C)ccn4)cc(C(C)(C)C)c3)=N[C@]12C.[Pt+2]. The number of nitrogens with zero attached hydrogens (tertiary/aromatic N) is 3. The van der Waals surface area contributed by atoms with E-state index in [0.29, 0.717) is 28.5 Å². The maximum Gasteiger partial charge on any atom is 2.00 e. The molecule has 3 aliphatic rings. The van der Waals surface area contributed by atoms with Crippen LogP contribution in [0.3, 0.4) is 0 Å². The van der Waals surface area contributed by atoms with E-state index in [2.05, 4.69) is 169 Å². The molecule has 0 fully saturated rings. The zero-order valence-corrected chi connectivity index (χ0v) is 41.0. The molecule has 4 aromatic carbocycles. The molecule has 0 amide bonds. The first-order chi connectivity index (χ1) is 28.0. The van der Waals surface area contributed by atoms with Crippen molar-refractivity contribution in [2.45, 2.75) is 151 Å². The smallest absolute Gasteiger partial charge is 0.507 e. The quantitative estimate of drug-likeness (QED) is 0.168. The Morgan fingerprint density at radius 2 is 1.42 bits per heavy atom. The van der Waals surface area contributed by atoms with Gasteiger partial charge in [0.15, 0.2) is 5.60 Å². The summed E-state index contributed by atoms with van der Waals surface area (Å²) in [5.41, 5.74) is 10.5. The van der Waals surface area contributed by atoms with Crippen LogP contribution in [0.15, 0.2) is 65.8 Å². The van der Waals surface area contributed by atoms with Crippen molar-refractivity contribution in [2.75, 3.05) is 4.90 Å². The molecule has 8 rings (SSSR count). The first kappa shape index (κ1) is 41.2. The van der Waals surface area contributed by atoms with Crippen LogP contribution in [0.5, 0.6) is 11.5 Å². The minimum atomic E-state index is -1.81. The molecule has 0 N–H and O–H groups in total. The van der Waals surface area contributed by atoms with Crippen LogP contribution in [0.4, 0.5) is 17.2 Å². The number of hydrogen-bond acceptors (Lipinski definition) is 5. The fourth-order valence-corrected chi connectivity index (χ4v) is 9.64. The van der Waals surface area contributed by atoms with Crippen molar-refractivity contribution in [3.05, 3.63) is 140 Å². The van der Waals surface area contributed by atoms with Gasteiger partial charge in [0.05, 0.1) is 5.54 Å². The van der Waals surface area contributed by atoms with Crippen molar-refractivity contribution >= 4 is 23.1 Å². The topological polar surface area (TPSA) is 47.0 Å². The fourth-order valence-electron chi connectivity index (χ4n) is 9.64. The zero-order valence-electron chi connectivity index (χ0n) is 40.7. The third kappa shape index (κ3) is 6.68. The minimum absolute atomic E-state index is 0. The molecule has 2 atom stereocenters. The van der Waals surface area contributed by atoms with E-state index in [1.165, 1.54) is 16.7 Å². The van der Waals surface area contributed by atoms with E-state index < -0.39 is 22.9 Å². The van der Waals surface area contributed by atoms with Crippen molar-refractivity contribution in [1.29, 1.82) is 0 Å². The summed E-state index contributed by atoms with van der Waals surface area (Å²) < 4.78 is 33.9. The number of aromatic nitrogens is 1. The molecule has 1 aromatic heterocycles. The van der Waals surface area contributed by atoms with E-state index in [0.717, 1.165) is 56.1 Å². The standard InChI is InChI=1S/C54H63N3O2.Pt/c1-31-18-19-44-42(22-31)52(15,16)43-24-33(3)46(29-45(43)57(44)47-28-37(20-21-55-47)49(6,7)8)58-39-26-36(25-38(27-39)50(9,10)11)48-56-53(17)30-40-35(5)34(4)32(2)23-41(40)54(53,59-48)51(12,13)14;/h18-25,27-28H,30H2,1-17H3;/q-2;+2/t53-,54-;/m1./s1/i30D2;. The summed E-state index contributed by atoms with van der Waals surface area (Å²) in [6, 6.07) is 26.8. The predicted molar refractivity (Wildman–Crippen MR) is 244 cm³/mol. The van der Waals surface area contributed by atoms with Gasteiger partial charge in [0.25, 0.3) is 0 Å². The molecule has 0 spiro atoms. The summed E-state index contributed by atoms with van der Waals surface area (Å²) in [5, 5.41) is 0. The Morgan fingerprint density at radius 3 is 2.07 bits per heavy atom. The number of hydrogen-bond donors (Lipinski definition) is 0. The van der Waals surface area contributed by atoms with Gasteiger partial charge in [-0.3, -0.25) is 4.99 Å². The van der Waals surface area contributed by atoms with Gasteiger partial charge in [0.1, 0.15) is 11.7 Å². The number of aryl methyl sites for hydroxylation is 3. The Morgan fingerprint density at radius 1 is 0.750 bits per heavy atom. The summed E-state index contributed by atoms with van der Waals surface area (Å²) in [6.45, 7) is 36.6. The van der Waals surface area contributed by atoms with Gasteiger partial charge in [-0.25, -0.2) is 4.98 Å². The first-order valence-corrected chi connectivity index (χ1v) is 21.2. The molecule has 0 saturated carbocycles. The van der Waals surface area contributed by atoms with Gasteiger partial charge in [0.2, 0.25) is 0 Å². The van der Waals surface area contributed by atoms with Crippen molar-refractivity contribution < 1.29 is 33.3 Å². The Bertz CT molecular complexity index is 2700. The third-order valence-electron chi connectivity index (χ3n) is 13.4. The van der Waals surface area contributed by atoms with Gasteiger partial charge in [-0.2, -0.15) is 6.07 Å². The summed E-state index contributed by atoms with van der Waals surface area (Å²) in [5.74, 6) is 2.30. The third-order valence-corrected chi connectivity index (χ3v) is 13.4. The van der Waals surface area contributed by atoms with Crippen LogP contribution < -0.4 is 9.64 Å². The van der Waals surface area contributed by atoms with Crippen LogP contribution in [0, 0.1) is 52.2 Å². The minimum Gasteiger partial charge on any atom is -0.507 e. The molecule has 0 radical (unpaired) electrons. The average molecular weight is 983 g/mol. The molecule has 0 bridgehead atoms. The molecule has 1 aliphatic carbocycles. The van der Waals surface area contributed by atoms with Crippen LogP contribution >= 0.6 is 0 Å². The molecule has 2 aliphatic heterocycles. The van der Waals surface area contributed by atoms with E-state index in [4.69, 9.17) is 19.5 Å². The molecule has 316 valence electrons. The number of benzene rings is 4. The summed E-state index contributed by atoms with van der Waals surface area (Å²) in [4.78, 5) is 12.5. The second kappa shape index (κ2) is 14.2. The number of fused-ring (bicyclic) bond motifs is 5. The predicted octanol–water partition coefficient (Wildman–Crippen LogP) is 13.8. The van der Waals surface area contributed by atoms with Gasteiger partial charge in [-0.15, -0.1) is 28.8 Å². The Hall–Kier alpha value is -4.21. The number of anilines is 3. The van der Waals surface area contributed by atoms with Crippen molar-refractivity contribution in [1.82, 2.24) is 4.98 Å².